The summed E-state index contributed by atoms with van der Waals surface area (Å²) >= 11 is 1.24. The number of nitrogens with zero attached hydrogens (tertiary/aromatic N) is 2. The van der Waals surface area contributed by atoms with Crippen LogP contribution < -0.4 is 11.1 Å². The molecule has 0 bridgehead atoms. The largest absolute Gasteiger partial charge is 0.375 e. The third-order valence-electron chi connectivity index (χ3n) is 2.84. The van der Waals surface area contributed by atoms with Gasteiger partial charge in [-0.2, -0.15) is 0 Å². The van der Waals surface area contributed by atoms with Crippen LogP contribution in [0.4, 0.5) is 5.13 Å². The SMILES string of the molecule is Nc1nc(C(=O)NCCN2CCCCC2=O)cs1. The first-order valence-electron chi connectivity index (χ1n) is 5.94. The van der Waals surface area contributed by atoms with Crippen LogP contribution >= 0.6 is 11.3 Å². The third-order valence-corrected chi connectivity index (χ3v) is 3.52. The molecule has 1 saturated heterocycles. The number of carbonyl (C=O) groups excluding carboxylic acids is 2. The fourth-order valence-corrected chi connectivity index (χ4v) is 2.43. The second-order valence-electron chi connectivity index (χ2n) is 4.16. The predicted octanol–water partition coefficient (Wildman–Crippen LogP) is 0.468. The number of hydrogen-bond donors (Lipinski definition) is 2. The molecule has 1 aliphatic rings. The maximum absolute atomic E-state index is 11.7. The molecule has 98 valence electrons. The number of nitrogens with two attached hydrogens (primary N) is 1. The molecule has 1 aromatic rings. The van der Waals surface area contributed by atoms with E-state index in [1.54, 1.807) is 10.3 Å². The average molecular weight is 268 g/mol. The first-order valence-corrected chi connectivity index (χ1v) is 6.82. The molecule has 1 aliphatic heterocycles. The molecule has 1 aromatic heterocycles. The molecular formula is C11H16N4O2S. The summed E-state index contributed by atoms with van der Waals surface area (Å²) in [6, 6.07) is 0. The first-order chi connectivity index (χ1) is 8.66. The van der Waals surface area contributed by atoms with Crippen LogP contribution in [0.15, 0.2) is 5.38 Å². The summed E-state index contributed by atoms with van der Waals surface area (Å²) in [7, 11) is 0. The number of likely N-dealkylation sites (tertiary alicyclic amines) is 1. The van der Waals surface area contributed by atoms with Crippen molar-refractivity contribution in [2.24, 2.45) is 0 Å². The van der Waals surface area contributed by atoms with Crippen molar-refractivity contribution in [3.05, 3.63) is 11.1 Å². The van der Waals surface area contributed by atoms with Gasteiger partial charge in [0.2, 0.25) is 5.91 Å². The van der Waals surface area contributed by atoms with Gasteiger partial charge in [0, 0.05) is 31.4 Å². The molecule has 1 fully saturated rings. The van der Waals surface area contributed by atoms with E-state index in [0.717, 1.165) is 19.4 Å². The lowest BCUT2D eigenvalue weighted by molar-refractivity contribution is -0.133. The van der Waals surface area contributed by atoms with Gasteiger partial charge >= 0.3 is 0 Å². The van der Waals surface area contributed by atoms with Crippen LogP contribution in [0.5, 0.6) is 0 Å². The number of nitrogen functional groups attached to an aromatic ring is 1. The third kappa shape index (κ3) is 3.19. The van der Waals surface area contributed by atoms with Gasteiger partial charge in [-0.1, -0.05) is 0 Å². The Balaban J connectivity index is 1.75. The van der Waals surface area contributed by atoms with Gasteiger partial charge in [-0.05, 0) is 12.8 Å². The van der Waals surface area contributed by atoms with Crippen molar-refractivity contribution < 1.29 is 9.59 Å². The number of carbonyl (C=O) groups is 2. The number of piperidine rings is 1. The van der Waals surface area contributed by atoms with E-state index in [-0.39, 0.29) is 11.8 Å². The van der Waals surface area contributed by atoms with Crippen LogP contribution in [-0.2, 0) is 4.79 Å². The molecule has 0 radical (unpaired) electrons. The van der Waals surface area contributed by atoms with Gasteiger partial charge in [-0.25, -0.2) is 4.98 Å². The zero-order valence-corrected chi connectivity index (χ0v) is 10.8. The number of hydrogen-bond acceptors (Lipinski definition) is 5. The van der Waals surface area contributed by atoms with E-state index >= 15 is 0 Å². The van der Waals surface area contributed by atoms with E-state index in [4.69, 9.17) is 5.73 Å². The molecule has 2 amide bonds. The lowest BCUT2D eigenvalue weighted by Gasteiger charge is -2.26. The molecule has 0 saturated carbocycles. The maximum atomic E-state index is 11.7. The Bertz CT molecular complexity index is 446. The molecule has 2 rings (SSSR count). The lowest BCUT2D eigenvalue weighted by Crippen LogP contribution is -2.41. The van der Waals surface area contributed by atoms with Crippen molar-refractivity contribution >= 4 is 28.3 Å². The predicted molar refractivity (Wildman–Crippen MR) is 69.3 cm³/mol. The Morgan fingerprint density at radius 1 is 1.56 bits per heavy atom. The number of anilines is 1. The van der Waals surface area contributed by atoms with Gasteiger partial charge < -0.3 is 16.0 Å². The minimum atomic E-state index is -0.243. The first kappa shape index (κ1) is 12.8. The molecule has 0 aliphatic carbocycles. The Kier molecular flexibility index (Phi) is 4.14. The van der Waals surface area contributed by atoms with Gasteiger partial charge in [0.25, 0.3) is 5.91 Å². The Labute approximate surface area is 109 Å². The standard InChI is InChI=1S/C11H16N4O2S/c12-11-14-8(7-18-11)10(17)13-4-6-15-5-2-1-3-9(15)16/h7H,1-6H2,(H2,12,14)(H,13,17). The Hall–Kier alpha value is -1.63. The summed E-state index contributed by atoms with van der Waals surface area (Å²) in [5, 5.41) is 4.74. The maximum Gasteiger partial charge on any atom is 0.270 e. The highest BCUT2D eigenvalue weighted by Crippen LogP contribution is 2.11. The van der Waals surface area contributed by atoms with Crippen LogP contribution in [0, 0.1) is 0 Å². The van der Waals surface area contributed by atoms with Crippen LogP contribution in [0.3, 0.4) is 0 Å². The van der Waals surface area contributed by atoms with Crippen LogP contribution in [0.25, 0.3) is 0 Å². The van der Waals surface area contributed by atoms with Crippen molar-refractivity contribution in [1.29, 1.82) is 0 Å². The van der Waals surface area contributed by atoms with Crippen molar-refractivity contribution in [3.63, 3.8) is 0 Å². The van der Waals surface area contributed by atoms with E-state index in [1.165, 1.54) is 11.3 Å². The molecule has 6 nitrogen and oxygen atoms in total. The fourth-order valence-electron chi connectivity index (χ4n) is 1.89. The fraction of sp³-hybridized carbons (Fsp3) is 0.545. The quantitative estimate of drug-likeness (QED) is 0.830. The summed E-state index contributed by atoms with van der Waals surface area (Å²) in [5.74, 6) is -0.0687. The minimum absolute atomic E-state index is 0.174. The van der Waals surface area contributed by atoms with Gasteiger partial charge in [-0.15, -0.1) is 11.3 Å². The average Bonchev–Trinajstić information content (AvgIpc) is 2.78. The zero-order chi connectivity index (χ0) is 13.0. The van der Waals surface area contributed by atoms with Crippen molar-refractivity contribution in [3.8, 4) is 0 Å². The van der Waals surface area contributed by atoms with Crippen molar-refractivity contribution in [2.45, 2.75) is 19.3 Å². The molecule has 0 aromatic carbocycles. The number of rotatable bonds is 4. The number of aromatic nitrogens is 1. The van der Waals surface area contributed by atoms with Crippen molar-refractivity contribution in [2.75, 3.05) is 25.4 Å². The second kappa shape index (κ2) is 5.81. The Morgan fingerprint density at radius 2 is 2.39 bits per heavy atom. The second-order valence-corrected chi connectivity index (χ2v) is 5.05. The van der Waals surface area contributed by atoms with Gasteiger partial charge in [0.15, 0.2) is 5.13 Å². The van der Waals surface area contributed by atoms with E-state index in [9.17, 15) is 9.59 Å². The monoisotopic (exact) mass is 268 g/mol. The van der Waals surface area contributed by atoms with Gasteiger partial charge in [0.05, 0.1) is 0 Å². The number of amides is 2. The van der Waals surface area contributed by atoms with Crippen molar-refractivity contribution in [1.82, 2.24) is 15.2 Å². The molecule has 7 heteroatoms. The molecule has 0 unspecified atom stereocenters. The lowest BCUT2D eigenvalue weighted by atomic mass is 10.1. The molecule has 2 heterocycles. The molecule has 3 N–H and O–H groups in total. The van der Waals surface area contributed by atoms with Crippen LogP contribution in [-0.4, -0.2) is 41.3 Å². The number of thiazole rings is 1. The molecule has 0 atom stereocenters. The summed E-state index contributed by atoms with van der Waals surface area (Å²) in [6.45, 7) is 1.80. The topological polar surface area (TPSA) is 88.3 Å². The van der Waals surface area contributed by atoms with Crippen LogP contribution in [0.1, 0.15) is 29.8 Å². The zero-order valence-electron chi connectivity index (χ0n) is 10.0. The smallest absolute Gasteiger partial charge is 0.270 e. The highest BCUT2D eigenvalue weighted by Gasteiger charge is 2.17. The van der Waals surface area contributed by atoms with Crippen LogP contribution in [0.2, 0.25) is 0 Å². The van der Waals surface area contributed by atoms with Gasteiger partial charge in [-0.3, -0.25) is 9.59 Å². The Morgan fingerprint density at radius 3 is 3.06 bits per heavy atom. The summed E-state index contributed by atoms with van der Waals surface area (Å²) in [5.41, 5.74) is 5.79. The summed E-state index contributed by atoms with van der Waals surface area (Å²) in [4.78, 5) is 28.9. The van der Waals surface area contributed by atoms with E-state index in [2.05, 4.69) is 10.3 Å². The molecule has 18 heavy (non-hydrogen) atoms. The van der Waals surface area contributed by atoms with E-state index in [1.807, 2.05) is 0 Å². The van der Waals surface area contributed by atoms with Gasteiger partial charge in [0.1, 0.15) is 5.69 Å². The number of nitrogens with one attached hydrogen (secondary N) is 1. The highest BCUT2D eigenvalue weighted by molar-refractivity contribution is 7.13. The summed E-state index contributed by atoms with van der Waals surface area (Å²) < 4.78 is 0. The minimum Gasteiger partial charge on any atom is -0.375 e. The molecular weight excluding hydrogens is 252 g/mol. The summed E-state index contributed by atoms with van der Waals surface area (Å²) in [6.07, 6.45) is 2.64. The van der Waals surface area contributed by atoms with E-state index < -0.39 is 0 Å². The molecule has 0 spiro atoms. The van der Waals surface area contributed by atoms with E-state index in [0.29, 0.717) is 30.3 Å². The highest BCUT2D eigenvalue weighted by atomic mass is 32.1. The normalized spacial score (nSPS) is 15.8.